The van der Waals surface area contributed by atoms with Crippen molar-refractivity contribution in [2.45, 2.75) is 76.0 Å². The first-order chi connectivity index (χ1) is 14.6. The number of nitrogens with zero attached hydrogens (tertiary/aromatic N) is 1. The second kappa shape index (κ2) is 6.94. The number of hydrogen-bond acceptors (Lipinski definition) is 4. The van der Waals surface area contributed by atoms with Gasteiger partial charge in [0, 0.05) is 22.7 Å². The Hall–Kier alpha value is -2.63. The van der Waals surface area contributed by atoms with Crippen molar-refractivity contribution in [2.24, 2.45) is 11.8 Å². The first kappa shape index (κ1) is 20.3. The van der Waals surface area contributed by atoms with Gasteiger partial charge in [-0.1, -0.05) is 18.2 Å². The lowest BCUT2D eigenvalue weighted by Crippen LogP contribution is -2.70. The summed E-state index contributed by atoms with van der Waals surface area (Å²) in [5, 5.41) is 7.56. The van der Waals surface area contributed by atoms with Crippen LogP contribution in [0.3, 0.4) is 0 Å². The van der Waals surface area contributed by atoms with E-state index in [0.717, 1.165) is 43.0 Å². The maximum atomic E-state index is 13.2. The number of rotatable bonds is 3. The molecule has 1 heterocycles. The molecule has 1 aromatic carbocycles. The van der Waals surface area contributed by atoms with Crippen LogP contribution in [0.25, 0.3) is 10.9 Å². The molecule has 2 N–H and O–H groups in total. The monoisotopic (exact) mass is 421 g/mol. The first-order valence-corrected chi connectivity index (χ1v) is 11.3. The molecule has 0 radical (unpaired) electrons. The molecule has 6 rings (SSSR count). The number of nitrogens with one attached hydrogen (secondary N) is 2. The van der Waals surface area contributed by atoms with E-state index in [-0.39, 0.29) is 23.1 Å². The summed E-state index contributed by atoms with van der Waals surface area (Å²) in [6.07, 6.45) is 7.16. The SMILES string of the molecule is CC(C)(C)OC(=O)NC12C[C@H]3C[C@@H](C1)CC(NC(=O)c1cnc4ccccc4c1)(C3)C2. The van der Waals surface area contributed by atoms with Gasteiger partial charge in [0.05, 0.1) is 11.1 Å². The van der Waals surface area contributed by atoms with Gasteiger partial charge >= 0.3 is 6.09 Å². The van der Waals surface area contributed by atoms with Crippen molar-refractivity contribution < 1.29 is 14.3 Å². The normalized spacial score (nSPS) is 31.5. The van der Waals surface area contributed by atoms with Crippen LogP contribution in [0.2, 0.25) is 0 Å². The molecule has 4 atom stereocenters. The summed E-state index contributed by atoms with van der Waals surface area (Å²) < 4.78 is 5.56. The number of alkyl carbamates (subject to hydrolysis) is 1. The van der Waals surface area contributed by atoms with Crippen LogP contribution in [0.1, 0.15) is 69.7 Å². The van der Waals surface area contributed by atoms with Crippen LogP contribution >= 0.6 is 0 Å². The van der Waals surface area contributed by atoms with E-state index < -0.39 is 5.60 Å². The van der Waals surface area contributed by atoms with E-state index in [4.69, 9.17) is 4.74 Å². The lowest BCUT2D eigenvalue weighted by Gasteiger charge is -2.62. The minimum absolute atomic E-state index is 0.0763. The van der Waals surface area contributed by atoms with Crippen LogP contribution in [0.15, 0.2) is 36.5 Å². The van der Waals surface area contributed by atoms with Gasteiger partial charge in [0.15, 0.2) is 0 Å². The zero-order valence-electron chi connectivity index (χ0n) is 18.5. The molecule has 31 heavy (non-hydrogen) atoms. The van der Waals surface area contributed by atoms with Gasteiger partial charge in [0.25, 0.3) is 5.91 Å². The number of fused-ring (bicyclic) bond motifs is 1. The van der Waals surface area contributed by atoms with Crippen molar-refractivity contribution in [1.29, 1.82) is 0 Å². The van der Waals surface area contributed by atoms with E-state index in [2.05, 4.69) is 15.6 Å². The Kier molecular flexibility index (Phi) is 4.54. The van der Waals surface area contributed by atoms with E-state index in [1.54, 1.807) is 6.20 Å². The van der Waals surface area contributed by atoms with Crippen molar-refractivity contribution >= 4 is 22.9 Å². The number of amides is 2. The molecule has 1 aromatic heterocycles. The Morgan fingerprint density at radius 3 is 2.35 bits per heavy atom. The van der Waals surface area contributed by atoms with Crippen molar-refractivity contribution in [3.8, 4) is 0 Å². The molecule has 4 aliphatic rings. The summed E-state index contributed by atoms with van der Waals surface area (Å²) in [7, 11) is 0. The molecule has 2 unspecified atom stereocenters. The van der Waals surface area contributed by atoms with Crippen molar-refractivity contribution in [3.63, 3.8) is 0 Å². The van der Waals surface area contributed by atoms with Crippen LogP contribution in [-0.4, -0.2) is 33.7 Å². The summed E-state index contributed by atoms with van der Waals surface area (Å²) in [5.74, 6) is 0.963. The molecule has 4 bridgehead atoms. The number of hydrogen-bond donors (Lipinski definition) is 2. The van der Waals surface area contributed by atoms with Crippen molar-refractivity contribution in [1.82, 2.24) is 15.6 Å². The highest BCUT2D eigenvalue weighted by Crippen LogP contribution is 2.57. The molecule has 4 fully saturated rings. The Morgan fingerprint density at radius 1 is 1.03 bits per heavy atom. The molecule has 2 amide bonds. The summed E-state index contributed by atoms with van der Waals surface area (Å²) in [4.78, 5) is 30.3. The van der Waals surface area contributed by atoms with Gasteiger partial charge in [-0.2, -0.15) is 0 Å². The first-order valence-electron chi connectivity index (χ1n) is 11.3. The van der Waals surface area contributed by atoms with Crippen LogP contribution in [0.5, 0.6) is 0 Å². The lowest BCUT2D eigenvalue weighted by atomic mass is 9.50. The van der Waals surface area contributed by atoms with Crippen molar-refractivity contribution in [2.75, 3.05) is 0 Å². The minimum Gasteiger partial charge on any atom is -0.444 e. The van der Waals surface area contributed by atoms with Gasteiger partial charge in [-0.25, -0.2) is 4.79 Å². The molecular weight excluding hydrogens is 390 g/mol. The highest BCUT2D eigenvalue weighted by molar-refractivity contribution is 5.97. The fourth-order valence-corrected chi connectivity index (χ4v) is 6.58. The maximum Gasteiger partial charge on any atom is 0.408 e. The van der Waals surface area contributed by atoms with E-state index >= 15 is 0 Å². The quantitative estimate of drug-likeness (QED) is 0.760. The van der Waals surface area contributed by atoms with Gasteiger partial charge in [-0.05, 0) is 83.3 Å². The summed E-state index contributed by atoms with van der Waals surface area (Å²) in [6.45, 7) is 5.64. The fraction of sp³-hybridized carbons (Fsp3) is 0.560. The highest BCUT2D eigenvalue weighted by atomic mass is 16.6. The predicted molar refractivity (Wildman–Crippen MR) is 119 cm³/mol. The summed E-state index contributed by atoms with van der Waals surface area (Å²) in [5.41, 5.74) is 0.378. The number of carbonyl (C=O) groups excluding carboxylic acids is 2. The molecule has 0 saturated heterocycles. The molecule has 6 heteroatoms. The topological polar surface area (TPSA) is 80.3 Å². The highest BCUT2D eigenvalue weighted by Gasteiger charge is 2.59. The molecule has 2 aromatic rings. The average Bonchev–Trinajstić information content (AvgIpc) is 2.64. The third-order valence-electron chi connectivity index (χ3n) is 7.06. The number of benzene rings is 1. The van der Waals surface area contributed by atoms with E-state index in [0.29, 0.717) is 17.4 Å². The number of ether oxygens (including phenoxy) is 1. The largest absolute Gasteiger partial charge is 0.444 e. The zero-order chi connectivity index (χ0) is 21.9. The molecule has 6 nitrogen and oxygen atoms in total. The Bertz CT molecular complexity index is 1030. The van der Waals surface area contributed by atoms with Gasteiger partial charge < -0.3 is 15.4 Å². The van der Waals surface area contributed by atoms with Crippen LogP contribution in [0, 0.1) is 11.8 Å². The lowest BCUT2D eigenvalue weighted by molar-refractivity contribution is -0.0509. The van der Waals surface area contributed by atoms with Gasteiger partial charge in [-0.15, -0.1) is 0 Å². The number of para-hydroxylation sites is 1. The second-order valence-corrected chi connectivity index (χ2v) is 11.0. The number of aromatic nitrogens is 1. The zero-order valence-corrected chi connectivity index (χ0v) is 18.5. The van der Waals surface area contributed by atoms with E-state index in [1.165, 1.54) is 6.42 Å². The summed E-state index contributed by atoms with van der Waals surface area (Å²) >= 11 is 0. The Labute approximate surface area is 183 Å². The smallest absolute Gasteiger partial charge is 0.408 e. The second-order valence-electron chi connectivity index (χ2n) is 11.0. The summed E-state index contributed by atoms with van der Waals surface area (Å²) in [6, 6.07) is 9.73. The van der Waals surface area contributed by atoms with Gasteiger partial charge in [0.2, 0.25) is 0 Å². The maximum absolute atomic E-state index is 13.2. The Balaban J connectivity index is 1.36. The standard InChI is InChI=1S/C25H31N3O3/c1-23(2,3)31-22(30)28-25-12-16-8-17(13-25)11-24(10-16,15-25)27-21(29)19-9-18-6-4-5-7-20(18)26-14-19/h4-7,9,14,16-17H,8,10-13,15H2,1-3H3,(H,27,29)(H,28,30)/t16-,17+,24?,25?. The molecular formula is C25H31N3O3. The number of pyridine rings is 1. The van der Waals surface area contributed by atoms with Crippen LogP contribution < -0.4 is 10.6 Å². The third-order valence-corrected chi connectivity index (χ3v) is 7.06. The fourth-order valence-electron chi connectivity index (χ4n) is 6.58. The van der Waals surface area contributed by atoms with Crippen LogP contribution in [-0.2, 0) is 4.74 Å². The number of carbonyl (C=O) groups is 2. The minimum atomic E-state index is -0.526. The third kappa shape index (κ3) is 4.00. The molecule has 4 aliphatic carbocycles. The van der Waals surface area contributed by atoms with Crippen molar-refractivity contribution in [3.05, 3.63) is 42.1 Å². The molecule has 0 aliphatic heterocycles. The van der Waals surface area contributed by atoms with E-state index in [1.807, 2.05) is 51.1 Å². The van der Waals surface area contributed by atoms with E-state index in [9.17, 15) is 9.59 Å². The molecule has 4 saturated carbocycles. The van der Waals surface area contributed by atoms with Gasteiger partial charge in [-0.3, -0.25) is 9.78 Å². The van der Waals surface area contributed by atoms with Gasteiger partial charge in [0.1, 0.15) is 5.60 Å². The predicted octanol–water partition coefficient (Wildman–Crippen LogP) is 4.58. The van der Waals surface area contributed by atoms with Crippen LogP contribution in [0.4, 0.5) is 4.79 Å². The Morgan fingerprint density at radius 2 is 1.68 bits per heavy atom. The molecule has 164 valence electrons. The average molecular weight is 422 g/mol. The molecule has 0 spiro atoms.